The molecule has 35 heavy (non-hydrogen) atoms. The van der Waals surface area contributed by atoms with Gasteiger partial charge >= 0.3 is 11.9 Å². The molecule has 0 heterocycles. The van der Waals surface area contributed by atoms with E-state index >= 15 is 0 Å². The molecule has 0 aliphatic carbocycles. The molecule has 0 bridgehead atoms. The number of rotatable bonds is 17. The molecule has 1 atom stereocenters. The van der Waals surface area contributed by atoms with Crippen LogP contribution in [0.2, 0.25) is 19.6 Å². The van der Waals surface area contributed by atoms with Crippen LogP contribution in [0.5, 0.6) is 0 Å². The molecule has 2 rings (SSSR count). The van der Waals surface area contributed by atoms with Gasteiger partial charge in [0.1, 0.15) is 20.9 Å². The number of benzene rings is 2. The van der Waals surface area contributed by atoms with Crippen LogP contribution in [0.3, 0.4) is 0 Å². The van der Waals surface area contributed by atoms with Gasteiger partial charge in [0.15, 0.2) is 0 Å². The Bertz CT molecular complexity index is 874. The van der Waals surface area contributed by atoms with Crippen LogP contribution < -0.4 is 0 Å². The van der Waals surface area contributed by atoms with Gasteiger partial charge in [0.2, 0.25) is 0 Å². The Kier molecular flexibility index (Phi) is 13.2. The molecule has 5 nitrogen and oxygen atoms in total. The molecule has 0 radical (unpaired) electrons. The lowest BCUT2D eigenvalue weighted by molar-refractivity contribution is -0.146. The standard InChI is InChI=1S/C28H41NO4SSi/c1-35(2,3)29(20-12-4-5-13-21-34-23-25-16-10-7-11-17-25)26(28(31)32)18-19-27(30)33-22-24-14-8-6-9-15-24/h6-11,14-17,26H,4-5,12-13,18-23H2,1-3H3,(H,31,32)/t26-/m0/s1. The second kappa shape index (κ2) is 15.8. The van der Waals surface area contributed by atoms with Crippen LogP contribution in [0.1, 0.15) is 49.7 Å². The monoisotopic (exact) mass is 515 g/mol. The first kappa shape index (κ1) is 29.1. The molecule has 0 aliphatic heterocycles. The van der Waals surface area contributed by atoms with Gasteiger partial charge in [-0.2, -0.15) is 11.8 Å². The van der Waals surface area contributed by atoms with Gasteiger partial charge in [-0.3, -0.25) is 9.59 Å². The molecule has 0 saturated carbocycles. The Morgan fingerprint density at radius 2 is 1.51 bits per heavy atom. The van der Waals surface area contributed by atoms with E-state index in [-0.39, 0.29) is 25.4 Å². The lowest BCUT2D eigenvalue weighted by Crippen LogP contribution is -2.55. The molecule has 192 valence electrons. The van der Waals surface area contributed by atoms with Crippen molar-refractivity contribution in [1.82, 2.24) is 4.57 Å². The zero-order valence-corrected chi connectivity index (χ0v) is 23.3. The maximum Gasteiger partial charge on any atom is 0.320 e. The summed E-state index contributed by atoms with van der Waals surface area (Å²) in [5.74, 6) is 1.01. The number of esters is 1. The molecule has 0 amide bonds. The minimum Gasteiger partial charge on any atom is -0.480 e. The molecule has 0 saturated heterocycles. The largest absolute Gasteiger partial charge is 0.480 e. The minimum absolute atomic E-state index is 0.115. The summed E-state index contributed by atoms with van der Waals surface area (Å²) in [5, 5.41) is 9.95. The number of carbonyl (C=O) groups is 2. The van der Waals surface area contributed by atoms with Crippen LogP contribution >= 0.6 is 11.8 Å². The molecule has 0 aliphatic rings. The Hall–Kier alpha value is -2.09. The highest BCUT2D eigenvalue weighted by atomic mass is 32.2. The Balaban J connectivity index is 1.72. The summed E-state index contributed by atoms with van der Waals surface area (Å²) in [6.45, 7) is 7.52. The molecule has 7 heteroatoms. The predicted octanol–water partition coefficient (Wildman–Crippen LogP) is 6.59. The van der Waals surface area contributed by atoms with E-state index in [2.05, 4.69) is 48.5 Å². The van der Waals surface area contributed by atoms with Gasteiger partial charge in [0.05, 0.1) is 0 Å². The third-order valence-corrected chi connectivity index (χ3v) is 9.31. The van der Waals surface area contributed by atoms with Gasteiger partial charge in [-0.15, -0.1) is 0 Å². The van der Waals surface area contributed by atoms with Crippen molar-refractivity contribution in [1.29, 1.82) is 0 Å². The van der Waals surface area contributed by atoms with E-state index in [4.69, 9.17) is 4.74 Å². The molecule has 2 aromatic rings. The molecule has 0 aromatic heterocycles. The maximum atomic E-state index is 12.3. The fourth-order valence-electron chi connectivity index (χ4n) is 4.04. The van der Waals surface area contributed by atoms with Crippen LogP contribution in [0.4, 0.5) is 0 Å². The second-order valence-electron chi connectivity index (χ2n) is 9.86. The second-order valence-corrected chi connectivity index (χ2v) is 15.9. The van der Waals surface area contributed by atoms with Crippen molar-refractivity contribution in [2.45, 2.75) is 76.6 Å². The predicted molar refractivity (Wildman–Crippen MR) is 148 cm³/mol. The number of thioether (sulfide) groups is 1. The van der Waals surface area contributed by atoms with E-state index in [0.29, 0.717) is 0 Å². The number of aliphatic carboxylic acids is 1. The first-order chi connectivity index (χ1) is 16.8. The number of nitrogens with zero attached hydrogens (tertiary/aromatic N) is 1. The molecule has 0 fully saturated rings. The normalized spacial score (nSPS) is 12.5. The quantitative estimate of drug-likeness (QED) is 0.146. The lowest BCUT2D eigenvalue weighted by atomic mass is 10.1. The number of hydrogen-bond donors (Lipinski definition) is 1. The van der Waals surface area contributed by atoms with Gasteiger partial charge < -0.3 is 14.4 Å². The number of carboxylic acids is 1. The fourth-order valence-corrected chi connectivity index (χ4v) is 7.02. The first-order valence-corrected chi connectivity index (χ1v) is 17.2. The smallest absolute Gasteiger partial charge is 0.320 e. The van der Waals surface area contributed by atoms with Crippen molar-refractivity contribution in [2.24, 2.45) is 0 Å². The summed E-state index contributed by atoms with van der Waals surface area (Å²) in [6, 6.07) is 19.4. The first-order valence-electron chi connectivity index (χ1n) is 12.6. The van der Waals surface area contributed by atoms with E-state index < -0.39 is 20.2 Å². The highest BCUT2D eigenvalue weighted by Crippen LogP contribution is 2.20. The number of unbranched alkanes of at least 4 members (excludes halogenated alkanes) is 3. The molecule has 2 aromatic carbocycles. The highest BCUT2D eigenvalue weighted by Gasteiger charge is 2.34. The number of ether oxygens (including phenoxy) is 1. The van der Waals surface area contributed by atoms with Crippen LogP contribution in [0.25, 0.3) is 0 Å². The van der Waals surface area contributed by atoms with Gasteiger partial charge in [-0.05, 0) is 42.7 Å². The molecule has 0 unspecified atom stereocenters. The number of carboxylic acid groups (broad SMARTS) is 1. The molecule has 1 N–H and O–H groups in total. The van der Waals surface area contributed by atoms with E-state index in [1.807, 2.05) is 48.2 Å². The SMILES string of the molecule is C[Si](C)(C)N(CCCCCCSCc1ccccc1)[C@@H](CCC(=O)OCc1ccccc1)C(=O)O. The van der Waals surface area contributed by atoms with Crippen molar-refractivity contribution in [2.75, 3.05) is 12.3 Å². The summed E-state index contributed by atoms with van der Waals surface area (Å²) >= 11 is 1.97. The average Bonchev–Trinajstić information content (AvgIpc) is 2.83. The average molecular weight is 516 g/mol. The van der Waals surface area contributed by atoms with Crippen molar-refractivity contribution in [3.8, 4) is 0 Å². The van der Waals surface area contributed by atoms with Crippen LogP contribution in [-0.4, -0.2) is 48.2 Å². The van der Waals surface area contributed by atoms with Crippen LogP contribution in [0, 0.1) is 0 Å². The Morgan fingerprint density at radius 3 is 2.11 bits per heavy atom. The molecular formula is C28H41NO4SSi. The number of hydrogen-bond acceptors (Lipinski definition) is 5. The van der Waals surface area contributed by atoms with E-state index in [1.54, 1.807) is 0 Å². The Morgan fingerprint density at radius 1 is 0.914 bits per heavy atom. The lowest BCUT2D eigenvalue weighted by Gasteiger charge is -2.38. The third-order valence-electron chi connectivity index (χ3n) is 5.94. The minimum atomic E-state index is -1.88. The van der Waals surface area contributed by atoms with Gasteiger partial charge in [0, 0.05) is 12.2 Å². The Labute approximate surface area is 216 Å². The van der Waals surface area contributed by atoms with Crippen LogP contribution in [-0.2, 0) is 26.7 Å². The topological polar surface area (TPSA) is 66.8 Å². The fraction of sp³-hybridized carbons (Fsp3) is 0.500. The highest BCUT2D eigenvalue weighted by molar-refractivity contribution is 7.98. The van der Waals surface area contributed by atoms with Gasteiger partial charge in [-0.1, -0.05) is 93.1 Å². The molecule has 0 spiro atoms. The van der Waals surface area contributed by atoms with Crippen molar-refractivity contribution >= 4 is 31.9 Å². The third kappa shape index (κ3) is 11.9. The summed E-state index contributed by atoms with van der Waals surface area (Å²) in [4.78, 5) is 24.4. The molecular weight excluding hydrogens is 474 g/mol. The zero-order chi connectivity index (χ0) is 25.5. The van der Waals surface area contributed by atoms with Gasteiger partial charge in [-0.25, -0.2) is 0 Å². The van der Waals surface area contributed by atoms with Gasteiger partial charge in [0.25, 0.3) is 0 Å². The van der Waals surface area contributed by atoms with Crippen molar-refractivity contribution in [3.63, 3.8) is 0 Å². The zero-order valence-electron chi connectivity index (χ0n) is 21.4. The maximum absolute atomic E-state index is 12.3. The van der Waals surface area contributed by atoms with E-state index in [9.17, 15) is 14.7 Å². The summed E-state index contributed by atoms with van der Waals surface area (Å²) in [5.41, 5.74) is 2.30. The summed E-state index contributed by atoms with van der Waals surface area (Å²) < 4.78 is 7.53. The van der Waals surface area contributed by atoms with E-state index in [1.165, 1.54) is 12.0 Å². The number of carbonyl (C=O) groups excluding carboxylic acids is 1. The van der Waals surface area contributed by atoms with E-state index in [0.717, 1.165) is 42.9 Å². The summed E-state index contributed by atoms with van der Waals surface area (Å²) in [7, 11) is -1.88. The summed E-state index contributed by atoms with van der Waals surface area (Å²) in [6.07, 6.45) is 4.81. The van der Waals surface area contributed by atoms with Crippen molar-refractivity contribution < 1.29 is 19.4 Å². The van der Waals surface area contributed by atoms with Crippen molar-refractivity contribution in [3.05, 3.63) is 71.8 Å². The van der Waals surface area contributed by atoms with Crippen LogP contribution in [0.15, 0.2) is 60.7 Å².